The molecule has 1 amide bonds. The van der Waals surface area contributed by atoms with Crippen molar-refractivity contribution in [3.63, 3.8) is 0 Å². The Morgan fingerprint density at radius 3 is 3.00 bits per heavy atom. The fourth-order valence-electron chi connectivity index (χ4n) is 2.28. The summed E-state index contributed by atoms with van der Waals surface area (Å²) in [4.78, 5) is 23.7. The summed E-state index contributed by atoms with van der Waals surface area (Å²) in [5.41, 5.74) is 0.524. The number of anilines is 1. The van der Waals surface area contributed by atoms with Gasteiger partial charge in [-0.15, -0.1) is 23.1 Å². The summed E-state index contributed by atoms with van der Waals surface area (Å²) in [5.74, 6) is -0.225. The molecule has 1 N–H and O–H groups in total. The van der Waals surface area contributed by atoms with Crippen molar-refractivity contribution in [2.24, 2.45) is 0 Å². The number of rotatable bonds is 3. The van der Waals surface area contributed by atoms with Gasteiger partial charge in [0, 0.05) is 17.0 Å². The molecular formula is C14H11FN2O3S2. The summed E-state index contributed by atoms with van der Waals surface area (Å²) in [7, 11) is 0. The minimum atomic E-state index is -0.690. The number of nitrogens with zero attached hydrogens (tertiary/aromatic N) is 1. The molecule has 22 heavy (non-hydrogen) atoms. The van der Waals surface area contributed by atoms with E-state index in [0.29, 0.717) is 0 Å². The summed E-state index contributed by atoms with van der Waals surface area (Å²) in [6, 6.07) is 4.99. The van der Waals surface area contributed by atoms with Crippen molar-refractivity contribution in [2.75, 3.05) is 11.1 Å². The second-order valence-corrected chi connectivity index (χ2v) is 6.92. The number of halogens is 1. The third-order valence-corrected chi connectivity index (χ3v) is 5.57. The second-order valence-electron chi connectivity index (χ2n) is 4.71. The normalized spacial score (nSPS) is 16.9. The van der Waals surface area contributed by atoms with Crippen molar-refractivity contribution in [1.82, 2.24) is 0 Å². The third-order valence-electron chi connectivity index (χ3n) is 3.33. The Balaban J connectivity index is 1.84. The molecule has 0 saturated carbocycles. The smallest absolute Gasteiger partial charge is 0.271 e. The van der Waals surface area contributed by atoms with Gasteiger partial charge in [0.25, 0.3) is 5.69 Å². The molecule has 1 aromatic carbocycles. The standard InChI is InChI=1S/C14H11FN2O3S2/c15-10-2-1-8(17(19)20)7-11(10)16-14(18)13-9-3-5-21-12(9)4-6-22-13/h1-3,5,7,13H,4,6H2,(H,16,18). The molecule has 3 rings (SSSR count). The number of carbonyl (C=O) groups excluding carboxylic acids is 1. The molecule has 0 bridgehead atoms. The summed E-state index contributed by atoms with van der Waals surface area (Å²) < 4.78 is 13.8. The molecular weight excluding hydrogens is 327 g/mol. The lowest BCUT2D eigenvalue weighted by Gasteiger charge is -2.21. The Morgan fingerprint density at radius 2 is 2.23 bits per heavy atom. The maximum atomic E-state index is 13.8. The molecule has 0 radical (unpaired) electrons. The van der Waals surface area contributed by atoms with Gasteiger partial charge in [0.15, 0.2) is 0 Å². The molecule has 1 unspecified atom stereocenters. The van der Waals surface area contributed by atoms with Crippen molar-refractivity contribution in [1.29, 1.82) is 0 Å². The first kappa shape index (κ1) is 15.0. The van der Waals surface area contributed by atoms with Gasteiger partial charge in [-0.25, -0.2) is 4.39 Å². The Hall–Kier alpha value is -1.93. The second kappa shape index (κ2) is 6.05. The predicted octanol–water partition coefficient (Wildman–Crippen LogP) is 3.76. The zero-order chi connectivity index (χ0) is 15.7. The molecule has 1 aromatic heterocycles. The molecule has 0 spiro atoms. The van der Waals surface area contributed by atoms with Crippen molar-refractivity contribution in [3.8, 4) is 0 Å². The van der Waals surface area contributed by atoms with E-state index in [1.54, 1.807) is 11.3 Å². The molecule has 1 atom stereocenters. The van der Waals surface area contributed by atoms with Gasteiger partial charge in [-0.3, -0.25) is 14.9 Å². The molecule has 2 aromatic rings. The van der Waals surface area contributed by atoms with E-state index < -0.39 is 16.0 Å². The lowest BCUT2D eigenvalue weighted by atomic mass is 10.1. The minimum Gasteiger partial charge on any atom is -0.322 e. The Morgan fingerprint density at radius 1 is 1.41 bits per heavy atom. The first-order valence-electron chi connectivity index (χ1n) is 6.49. The number of fused-ring (bicyclic) bond motifs is 1. The number of hydrogen-bond donors (Lipinski definition) is 1. The monoisotopic (exact) mass is 338 g/mol. The van der Waals surface area contributed by atoms with Crippen LogP contribution in [0.5, 0.6) is 0 Å². The molecule has 114 valence electrons. The highest BCUT2D eigenvalue weighted by Gasteiger charge is 2.28. The fourth-order valence-corrected chi connectivity index (χ4v) is 4.58. The zero-order valence-corrected chi connectivity index (χ0v) is 12.9. The number of aryl methyl sites for hydroxylation is 1. The number of amides is 1. The maximum Gasteiger partial charge on any atom is 0.271 e. The number of nitro benzene ring substituents is 1. The average molecular weight is 338 g/mol. The number of nitro groups is 1. The van der Waals surface area contributed by atoms with Crippen molar-refractivity contribution >= 4 is 40.4 Å². The highest BCUT2D eigenvalue weighted by molar-refractivity contribution is 8.00. The van der Waals surface area contributed by atoms with Crippen LogP contribution >= 0.6 is 23.1 Å². The molecule has 5 nitrogen and oxygen atoms in total. The van der Waals surface area contributed by atoms with Crippen LogP contribution in [-0.2, 0) is 11.2 Å². The number of carbonyl (C=O) groups is 1. The van der Waals surface area contributed by atoms with Gasteiger partial charge in [-0.1, -0.05) is 0 Å². The lowest BCUT2D eigenvalue weighted by molar-refractivity contribution is -0.384. The van der Waals surface area contributed by atoms with Gasteiger partial charge in [0.05, 0.1) is 10.6 Å². The summed E-state index contributed by atoms with van der Waals surface area (Å²) >= 11 is 3.10. The van der Waals surface area contributed by atoms with Crippen LogP contribution in [0.2, 0.25) is 0 Å². The number of thioether (sulfide) groups is 1. The Bertz CT molecular complexity index is 747. The molecule has 0 fully saturated rings. The van der Waals surface area contributed by atoms with Crippen LogP contribution in [-0.4, -0.2) is 16.6 Å². The van der Waals surface area contributed by atoms with E-state index in [1.165, 1.54) is 16.6 Å². The van der Waals surface area contributed by atoms with E-state index >= 15 is 0 Å². The highest BCUT2D eigenvalue weighted by atomic mass is 32.2. The molecule has 0 saturated heterocycles. The fraction of sp³-hybridized carbons (Fsp3) is 0.214. The first-order chi connectivity index (χ1) is 10.6. The number of hydrogen-bond acceptors (Lipinski definition) is 5. The number of thiophene rings is 1. The molecule has 1 aliphatic heterocycles. The molecule has 2 heterocycles. The molecule has 0 aliphatic carbocycles. The number of nitrogens with one attached hydrogen (secondary N) is 1. The van der Waals surface area contributed by atoms with Crippen molar-refractivity contribution in [2.45, 2.75) is 11.7 Å². The van der Waals surface area contributed by atoms with Gasteiger partial charge in [0.1, 0.15) is 11.1 Å². The third kappa shape index (κ3) is 2.84. The largest absolute Gasteiger partial charge is 0.322 e. The summed E-state index contributed by atoms with van der Waals surface area (Å²) in [6.07, 6.45) is 0.923. The average Bonchev–Trinajstić information content (AvgIpc) is 2.97. The minimum absolute atomic E-state index is 0.165. The van der Waals surface area contributed by atoms with Crippen LogP contribution in [0.15, 0.2) is 29.6 Å². The van der Waals surface area contributed by atoms with Crippen LogP contribution < -0.4 is 5.32 Å². The maximum absolute atomic E-state index is 13.8. The van der Waals surface area contributed by atoms with Crippen LogP contribution in [0.1, 0.15) is 15.7 Å². The topological polar surface area (TPSA) is 72.2 Å². The summed E-state index contributed by atoms with van der Waals surface area (Å²) in [6.45, 7) is 0. The van der Waals surface area contributed by atoms with Crippen LogP contribution in [0, 0.1) is 15.9 Å². The SMILES string of the molecule is O=C(Nc1cc([N+](=O)[O-])ccc1F)C1SCCc2sccc21. The van der Waals surface area contributed by atoms with Gasteiger partial charge in [-0.2, -0.15) is 0 Å². The Kier molecular flexibility index (Phi) is 4.12. The van der Waals surface area contributed by atoms with Crippen LogP contribution in [0.4, 0.5) is 15.8 Å². The van der Waals surface area contributed by atoms with E-state index in [1.807, 2.05) is 11.4 Å². The van der Waals surface area contributed by atoms with Crippen LogP contribution in [0.3, 0.4) is 0 Å². The van der Waals surface area contributed by atoms with E-state index in [4.69, 9.17) is 0 Å². The first-order valence-corrected chi connectivity index (χ1v) is 8.42. The van der Waals surface area contributed by atoms with Gasteiger partial charge < -0.3 is 5.32 Å². The molecule has 8 heteroatoms. The van der Waals surface area contributed by atoms with Gasteiger partial charge >= 0.3 is 0 Å². The lowest BCUT2D eigenvalue weighted by Crippen LogP contribution is -2.22. The number of non-ortho nitro benzene ring substituents is 1. The van der Waals surface area contributed by atoms with E-state index in [2.05, 4.69) is 5.32 Å². The van der Waals surface area contributed by atoms with E-state index in [0.717, 1.165) is 35.9 Å². The van der Waals surface area contributed by atoms with E-state index in [-0.39, 0.29) is 17.3 Å². The Labute approximate surface area is 133 Å². The van der Waals surface area contributed by atoms with Gasteiger partial charge in [-0.05, 0) is 35.2 Å². The van der Waals surface area contributed by atoms with Crippen molar-refractivity contribution < 1.29 is 14.1 Å². The quantitative estimate of drug-likeness (QED) is 0.683. The summed E-state index contributed by atoms with van der Waals surface area (Å²) in [5, 5.41) is 14.7. The van der Waals surface area contributed by atoms with Gasteiger partial charge in [0.2, 0.25) is 5.91 Å². The predicted molar refractivity (Wildman–Crippen MR) is 84.9 cm³/mol. The van der Waals surface area contributed by atoms with Crippen molar-refractivity contribution in [3.05, 3.63) is 56.0 Å². The number of benzene rings is 1. The zero-order valence-electron chi connectivity index (χ0n) is 11.2. The van der Waals surface area contributed by atoms with Crippen LogP contribution in [0.25, 0.3) is 0 Å². The highest BCUT2D eigenvalue weighted by Crippen LogP contribution is 2.40. The van der Waals surface area contributed by atoms with E-state index in [9.17, 15) is 19.3 Å². The molecule has 1 aliphatic rings.